The number of hydrogen-bond acceptors (Lipinski definition) is 3. The van der Waals surface area contributed by atoms with E-state index in [0.717, 1.165) is 0 Å². The largest absolute Gasteiger partial charge is 0.372 e. The summed E-state index contributed by atoms with van der Waals surface area (Å²) in [5.41, 5.74) is 5.20. The Labute approximate surface area is 72.8 Å². The predicted molar refractivity (Wildman–Crippen MR) is 47.7 cm³/mol. The molecule has 0 unspecified atom stereocenters. The Bertz CT molecular complexity index is 146. The second-order valence-electron chi connectivity index (χ2n) is 2.15. The summed E-state index contributed by atoms with van der Waals surface area (Å²) >= 11 is 0. The molecule has 0 saturated heterocycles. The van der Waals surface area contributed by atoms with Crippen molar-refractivity contribution in [3.8, 4) is 0 Å². The molecule has 12 heavy (non-hydrogen) atoms. The van der Waals surface area contributed by atoms with Gasteiger partial charge in [0.1, 0.15) is 6.61 Å². The maximum absolute atomic E-state index is 10.9. The highest BCUT2D eigenvalue weighted by atomic mass is 16.5. The van der Waals surface area contributed by atoms with Crippen LogP contribution in [0.15, 0.2) is 12.2 Å². The van der Waals surface area contributed by atoms with Gasteiger partial charge in [0.15, 0.2) is 0 Å². The number of rotatable bonds is 6. The van der Waals surface area contributed by atoms with E-state index in [1.54, 1.807) is 6.08 Å². The first-order valence-electron chi connectivity index (χ1n) is 4.00. The van der Waals surface area contributed by atoms with Crippen LogP contribution in [0.25, 0.3) is 0 Å². The van der Waals surface area contributed by atoms with Gasteiger partial charge >= 0.3 is 0 Å². The lowest BCUT2D eigenvalue weighted by Crippen LogP contribution is -2.27. The fourth-order valence-electron chi connectivity index (χ4n) is 0.598. The van der Waals surface area contributed by atoms with Crippen molar-refractivity contribution >= 4 is 5.91 Å². The Balaban J connectivity index is 3.25. The van der Waals surface area contributed by atoms with Gasteiger partial charge in [-0.25, -0.2) is 0 Å². The van der Waals surface area contributed by atoms with E-state index in [0.29, 0.717) is 19.7 Å². The summed E-state index contributed by atoms with van der Waals surface area (Å²) in [4.78, 5) is 10.9. The highest BCUT2D eigenvalue weighted by molar-refractivity contribution is 5.77. The molecule has 0 bridgehead atoms. The van der Waals surface area contributed by atoms with Crippen LogP contribution in [0.4, 0.5) is 0 Å². The lowest BCUT2D eigenvalue weighted by Gasteiger charge is -2.01. The van der Waals surface area contributed by atoms with Crippen LogP contribution in [0.1, 0.15) is 6.92 Å². The van der Waals surface area contributed by atoms with Crippen molar-refractivity contribution < 1.29 is 9.53 Å². The Morgan fingerprint density at radius 1 is 1.58 bits per heavy atom. The summed E-state index contributed by atoms with van der Waals surface area (Å²) in [5.74, 6) is -0.0986. The molecule has 3 N–H and O–H groups in total. The van der Waals surface area contributed by atoms with Crippen molar-refractivity contribution in [2.75, 3.05) is 26.3 Å². The molecule has 0 aliphatic heterocycles. The minimum absolute atomic E-state index is 0.0986. The van der Waals surface area contributed by atoms with Gasteiger partial charge in [0.25, 0.3) is 0 Å². The highest BCUT2D eigenvalue weighted by Crippen LogP contribution is 1.74. The van der Waals surface area contributed by atoms with Crippen molar-refractivity contribution in [1.82, 2.24) is 5.32 Å². The highest BCUT2D eigenvalue weighted by Gasteiger charge is 1.96. The smallest absolute Gasteiger partial charge is 0.246 e. The number of amides is 1. The average Bonchev–Trinajstić information content (AvgIpc) is 2.09. The van der Waals surface area contributed by atoms with Crippen LogP contribution < -0.4 is 11.1 Å². The number of nitrogens with one attached hydrogen (secondary N) is 1. The maximum atomic E-state index is 10.9. The second-order valence-corrected chi connectivity index (χ2v) is 2.15. The van der Waals surface area contributed by atoms with Gasteiger partial charge in [0.05, 0.1) is 0 Å². The molecule has 0 fully saturated rings. The minimum Gasteiger partial charge on any atom is -0.372 e. The van der Waals surface area contributed by atoms with Gasteiger partial charge in [0, 0.05) is 19.7 Å². The molecular weight excluding hydrogens is 156 g/mol. The van der Waals surface area contributed by atoms with E-state index in [2.05, 4.69) is 5.32 Å². The molecule has 0 heterocycles. The number of ether oxygens (including phenoxy) is 1. The van der Waals surface area contributed by atoms with Crippen LogP contribution in [0.5, 0.6) is 0 Å². The Hall–Kier alpha value is -0.870. The van der Waals surface area contributed by atoms with E-state index in [1.807, 2.05) is 13.0 Å². The summed E-state index contributed by atoms with van der Waals surface area (Å²) in [7, 11) is 0. The second kappa shape index (κ2) is 8.23. The van der Waals surface area contributed by atoms with Crippen molar-refractivity contribution in [3.05, 3.63) is 12.2 Å². The summed E-state index contributed by atoms with van der Waals surface area (Å²) < 4.78 is 4.89. The average molecular weight is 172 g/mol. The minimum atomic E-state index is -0.0986. The van der Waals surface area contributed by atoms with Crippen LogP contribution in [0, 0.1) is 0 Å². The van der Waals surface area contributed by atoms with Gasteiger partial charge in [-0.2, -0.15) is 0 Å². The SMILES string of the molecule is CCOCC(=O)NC/C=C/CN. The lowest BCUT2D eigenvalue weighted by atomic mass is 10.5. The zero-order valence-corrected chi connectivity index (χ0v) is 7.38. The molecule has 4 heteroatoms. The fraction of sp³-hybridized carbons (Fsp3) is 0.625. The fourth-order valence-corrected chi connectivity index (χ4v) is 0.598. The van der Waals surface area contributed by atoms with Crippen molar-refractivity contribution in [2.45, 2.75) is 6.92 Å². The summed E-state index contributed by atoms with van der Waals surface area (Å²) in [6.45, 7) is 3.56. The van der Waals surface area contributed by atoms with E-state index in [4.69, 9.17) is 10.5 Å². The number of carbonyl (C=O) groups excluding carboxylic acids is 1. The molecule has 0 aromatic carbocycles. The molecule has 0 aliphatic carbocycles. The van der Waals surface area contributed by atoms with Gasteiger partial charge in [-0.05, 0) is 6.92 Å². The molecule has 70 valence electrons. The third kappa shape index (κ3) is 7.24. The summed E-state index contributed by atoms with van der Waals surface area (Å²) in [6, 6.07) is 0. The number of nitrogens with two attached hydrogens (primary N) is 1. The van der Waals surface area contributed by atoms with Crippen LogP contribution in [-0.4, -0.2) is 32.2 Å². The Morgan fingerprint density at radius 3 is 2.92 bits per heavy atom. The lowest BCUT2D eigenvalue weighted by molar-refractivity contribution is -0.125. The van der Waals surface area contributed by atoms with E-state index >= 15 is 0 Å². The van der Waals surface area contributed by atoms with Crippen LogP contribution in [0.3, 0.4) is 0 Å². The van der Waals surface area contributed by atoms with Gasteiger partial charge < -0.3 is 15.8 Å². The zero-order valence-electron chi connectivity index (χ0n) is 7.38. The molecule has 0 saturated carbocycles. The molecule has 0 aromatic heterocycles. The normalized spacial score (nSPS) is 10.5. The molecule has 0 aliphatic rings. The molecule has 1 amide bonds. The number of carbonyl (C=O) groups is 1. The molecule has 0 rings (SSSR count). The van der Waals surface area contributed by atoms with Gasteiger partial charge in [-0.1, -0.05) is 12.2 Å². The molecular formula is C8H16N2O2. The standard InChI is InChI=1S/C8H16N2O2/c1-2-12-7-8(11)10-6-4-3-5-9/h3-4H,2,5-7,9H2,1H3,(H,10,11)/b4-3+. The van der Waals surface area contributed by atoms with Crippen LogP contribution in [-0.2, 0) is 9.53 Å². The van der Waals surface area contributed by atoms with Crippen molar-refractivity contribution in [3.63, 3.8) is 0 Å². The third-order valence-electron chi connectivity index (χ3n) is 1.16. The maximum Gasteiger partial charge on any atom is 0.246 e. The van der Waals surface area contributed by atoms with Crippen LogP contribution >= 0.6 is 0 Å². The topological polar surface area (TPSA) is 64.3 Å². The van der Waals surface area contributed by atoms with E-state index in [1.165, 1.54) is 0 Å². The van der Waals surface area contributed by atoms with E-state index < -0.39 is 0 Å². The Kier molecular flexibility index (Phi) is 7.63. The van der Waals surface area contributed by atoms with Gasteiger partial charge in [-0.3, -0.25) is 4.79 Å². The molecule has 0 spiro atoms. The first kappa shape index (κ1) is 11.1. The van der Waals surface area contributed by atoms with Crippen molar-refractivity contribution in [1.29, 1.82) is 0 Å². The zero-order chi connectivity index (χ0) is 9.23. The van der Waals surface area contributed by atoms with Crippen molar-refractivity contribution in [2.24, 2.45) is 5.73 Å². The first-order valence-corrected chi connectivity index (χ1v) is 4.00. The molecule has 0 atom stereocenters. The molecule has 4 nitrogen and oxygen atoms in total. The first-order chi connectivity index (χ1) is 5.81. The summed E-state index contributed by atoms with van der Waals surface area (Å²) in [5, 5.41) is 2.65. The Morgan fingerprint density at radius 2 is 2.33 bits per heavy atom. The molecule has 0 radical (unpaired) electrons. The summed E-state index contributed by atoms with van der Waals surface area (Å²) in [6.07, 6.45) is 3.60. The monoisotopic (exact) mass is 172 g/mol. The van der Waals surface area contributed by atoms with Gasteiger partial charge in [0.2, 0.25) is 5.91 Å². The molecule has 0 aromatic rings. The number of hydrogen-bond donors (Lipinski definition) is 2. The van der Waals surface area contributed by atoms with E-state index in [-0.39, 0.29) is 12.5 Å². The van der Waals surface area contributed by atoms with Gasteiger partial charge in [-0.15, -0.1) is 0 Å². The van der Waals surface area contributed by atoms with E-state index in [9.17, 15) is 4.79 Å². The quantitative estimate of drug-likeness (QED) is 0.538. The van der Waals surface area contributed by atoms with Crippen LogP contribution in [0.2, 0.25) is 0 Å². The predicted octanol–water partition coefficient (Wildman–Crippen LogP) is -0.346. The third-order valence-corrected chi connectivity index (χ3v) is 1.16.